The van der Waals surface area contributed by atoms with E-state index >= 15 is 0 Å². The summed E-state index contributed by atoms with van der Waals surface area (Å²) in [5.74, 6) is -0.344. The Labute approximate surface area is 132 Å². The molecule has 122 valence electrons. The lowest BCUT2D eigenvalue weighted by atomic mass is 10.1. The summed E-state index contributed by atoms with van der Waals surface area (Å²) in [5, 5.41) is 2.86. The minimum Gasteiger partial charge on any atom is -0.466 e. The van der Waals surface area contributed by atoms with Gasteiger partial charge in [0.25, 0.3) is 0 Å². The number of hydrogen-bond acceptors (Lipinski definition) is 4. The van der Waals surface area contributed by atoms with Gasteiger partial charge in [0, 0.05) is 13.5 Å². The molecule has 0 bridgehead atoms. The lowest BCUT2D eigenvalue weighted by molar-refractivity contribution is -0.141. The van der Waals surface area contributed by atoms with Crippen LogP contribution in [-0.2, 0) is 20.7 Å². The van der Waals surface area contributed by atoms with Gasteiger partial charge in [0.1, 0.15) is 0 Å². The smallest absolute Gasteiger partial charge is 0.302 e. The van der Waals surface area contributed by atoms with E-state index in [-0.39, 0.29) is 11.9 Å². The fraction of sp³-hybridized carbons (Fsp3) is 0.529. The van der Waals surface area contributed by atoms with E-state index < -0.39 is 6.04 Å². The maximum atomic E-state index is 11.9. The highest BCUT2D eigenvalue weighted by Crippen LogP contribution is 2.02. The highest BCUT2D eigenvalue weighted by atomic mass is 16.5. The summed E-state index contributed by atoms with van der Waals surface area (Å²) in [4.78, 5) is 22.4. The summed E-state index contributed by atoms with van der Waals surface area (Å²) in [6.07, 6.45) is 4.30. The molecule has 3 N–H and O–H groups in total. The van der Waals surface area contributed by atoms with Crippen molar-refractivity contribution in [2.75, 3.05) is 13.2 Å². The van der Waals surface area contributed by atoms with Crippen molar-refractivity contribution in [2.45, 2.75) is 45.1 Å². The molecule has 1 aromatic carbocycles. The van der Waals surface area contributed by atoms with E-state index in [9.17, 15) is 9.59 Å². The average Bonchev–Trinajstić information content (AvgIpc) is 2.50. The highest BCUT2D eigenvalue weighted by molar-refractivity contribution is 5.81. The molecule has 1 atom stereocenters. The Kier molecular flexibility index (Phi) is 8.91. The molecule has 0 aliphatic rings. The minimum atomic E-state index is -0.508. The predicted octanol–water partition coefficient (Wildman–Crippen LogP) is 1.80. The van der Waals surface area contributed by atoms with Gasteiger partial charge in [-0.3, -0.25) is 9.59 Å². The molecule has 0 heterocycles. The third-order valence-electron chi connectivity index (χ3n) is 3.31. The van der Waals surface area contributed by atoms with Gasteiger partial charge >= 0.3 is 5.97 Å². The van der Waals surface area contributed by atoms with E-state index in [0.717, 1.165) is 31.2 Å². The molecule has 5 nitrogen and oxygen atoms in total. The molecule has 0 aromatic heterocycles. The van der Waals surface area contributed by atoms with Gasteiger partial charge in [0.05, 0.1) is 12.6 Å². The standard InChI is InChI=1S/C17H26N2O3/c1-14(20)22-12-8-3-2-7-11-19-17(21)16(18)13-15-9-5-4-6-10-15/h4-6,9-10,16H,2-3,7-8,11-13,18H2,1H3,(H,19,21)/t16-/m0/s1. The second kappa shape index (κ2) is 10.8. The number of unbranched alkanes of at least 4 members (excludes halogenated alkanes) is 3. The average molecular weight is 306 g/mol. The molecule has 1 amide bonds. The number of rotatable bonds is 10. The van der Waals surface area contributed by atoms with Crippen LogP contribution >= 0.6 is 0 Å². The number of amides is 1. The topological polar surface area (TPSA) is 81.4 Å². The zero-order chi connectivity index (χ0) is 16.2. The number of nitrogens with two attached hydrogens (primary N) is 1. The second-order valence-electron chi connectivity index (χ2n) is 5.34. The van der Waals surface area contributed by atoms with E-state index in [1.807, 2.05) is 30.3 Å². The minimum absolute atomic E-state index is 0.108. The number of ether oxygens (including phenoxy) is 1. The van der Waals surface area contributed by atoms with Gasteiger partial charge < -0.3 is 15.8 Å². The zero-order valence-corrected chi connectivity index (χ0v) is 13.2. The molecule has 1 aromatic rings. The molecule has 1 rings (SSSR count). The predicted molar refractivity (Wildman–Crippen MR) is 86.2 cm³/mol. The fourth-order valence-electron chi connectivity index (χ4n) is 2.10. The fourth-order valence-corrected chi connectivity index (χ4v) is 2.10. The number of benzene rings is 1. The lowest BCUT2D eigenvalue weighted by Crippen LogP contribution is -2.42. The van der Waals surface area contributed by atoms with E-state index in [4.69, 9.17) is 10.5 Å². The van der Waals surface area contributed by atoms with Gasteiger partial charge in [0.2, 0.25) is 5.91 Å². The van der Waals surface area contributed by atoms with Gasteiger partial charge in [-0.1, -0.05) is 36.8 Å². The Morgan fingerprint density at radius 1 is 1.14 bits per heavy atom. The van der Waals surface area contributed by atoms with Gasteiger partial charge in [-0.25, -0.2) is 0 Å². The summed E-state index contributed by atoms with van der Waals surface area (Å²) >= 11 is 0. The van der Waals surface area contributed by atoms with E-state index in [0.29, 0.717) is 19.6 Å². The first-order valence-corrected chi connectivity index (χ1v) is 7.80. The van der Waals surface area contributed by atoms with Crippen LogP contribution in [0.15, 0.2) is 30.3 Å². The molecule has 0 fully saturated rings. The van der Waals surface area contributed by atoms with Crippen LogP contribution in [0.5, 0.6) is 0 Å². The Balaban J connectivity index is 2.04. The van der Waals surface area contributed by atoms with Gasteiger partial charge in [-0.15, -0.1) is 0 Å². The molecule has 0 saturated carbocycles. The van der Waals surface area contributed by atoms with Crippen LogP contribution in [0.2, 0.25) is 0 Å². The van der Waals surface area contributed by atoms with Crippen LogP contribution in [-0.4, -0.2) is 31.1 Å². The molecular formula is C17H26N2O3. The largest absolute Gasteiger partial charge is 0.466 e. The Bertz CT molecular complexity index is 448. The molecule has 0 aliphatic carbocycles. The van der Waals surface area contributed by atoms with Crippen molar-refractivity contribution in [1.29, 1.82) is 0 Å². The lowest BCUT2D eigenvalue weighted by Gasteiger charge is -2.12. The normalized spacial score (nSPS) is 11.7. The van der Waals surface area contributed by atoms with Crippen LogP contribution in [0.3, 0.4) is 0 Å². The van der Waals surface area contributed by atoms with E-state index in [1.165, 1.54) is 6.92 Å². The summed E-state index contributed by atoms with van der Waals surface area (Å²) in [6.45, 7) is 2.52. The number of hydrogen-bond donors (Lipinski definition) is 2. The van der Waals surface area contributed by atoms with Crippen molar-refractivity contribution in [1.82, 2.24) is 5.32 Å². The third kappa shape index (κ3) is 8.42. The quantitative estimate of drug-likeness (QED) is 0.510. The van der Waals surface area contributed by atoms with Crippen molar-refractivity contribution in [2.24, 2.45) is 5.73 Å². The molecule has 0 radical (unpaired) electrons. The molecule has 0 aliphatic heterocycles. The molecular weight excluding hydrogens is 280 g/mol. The summed E-state index contributed by atoms with van der Waals surface area (Å²) < 4.78 is 4.85. The molecule has 5 heteroatoms. The van der Waals surface area contributed by atoms with Gasteiger partial charge in [0.15, 0.2) is 0 Å². The maximum absolute atomic E-state index is 11.9. The van der Waals surface area contributed by atoms with Crippen LogP contribution in [0.1, 0.15) is 38.2 Å². The first-order valence-electron chi connectivity index (χ1n) is 7.80. The number of carbonyl (C=O) groups excluding carboxylic acids is 2. The first-order chi connectivity index (χ1) is 10.6. The van der Waals surface area contributed by atoms with Crippen molar-refractivity contribution >= 4 is 11.9 Å². The second-order valence-corrected chi connectivity index (χ2v) is 5.34. The number of esters is 1. The maximum Gasteiger partial charge on any atom is 0.302 e. The molecule has 0 spiro atoms. The van der Waals surface area contributed by atoms with Crippen molar-refractivity contribution in [3.05, 3.63) is 35.9 Å². The van der Waals surface area contributed by atoms with Crippen LogP contribution < -0.4 is 11.1 Å². The summed E-state index contributed by atoms with van der Waals surface area (Å²) in [5.41, 5.74) is 6.96. The molecule has 0 saturated heterocycles. The van der Waals surface area contributed by atoms with Crippen molar-refractivity contribution in [3.63, 3.8) is 0 Å². The molecule has 22 heavy (non-hydrogen) atoms. The Morgan fingerprint density at radius 3 is 2.50 bits per heavy atom. The zero-order valence-electron chi connectivity index (χ0n) is 13.2. The van der Waals surface area contributed by atoms with Crippen molar-refractivity contribution < 1.29 is 14.3 Å². The van der Waals surface area contributed by atoms with E-state index in [2.05, 4.69) is 5.32 Å². The number of carbonyl (C=O) groups is 2. The third-order valence-corrected chi connectivity index (χ3v) is 3.31. The molecule has 0 unspecified atom stereocenters. The van der Waals surface area contributed by atoms with Crippen molar-refractivity contribution in [3.8, 4) is 0 Å². The van der Waals surface area contributed by atoms with Crippen LogP contribution in [0.4, 0.5) is 0 Å². The van der Waals surface area contributed by atoms with E-state index in [1.54, 1.807) is 0 Å². The van der Waals surface area contributed by atoms with Gasteiger partial charge in [-0.05, 0) is 31.2 Å². The SMILES string of the molecule is CC(=O)OCCCCCCNC(=O)[C@@H](N)Cc1ccccc1. The monoisotopic (exact) mass is 306 g/mol. The Morgan fingerprint density at radius 2 is 1.82 bits per heavy atom. The van der Waals surface area contributed by atoms with Crippen LogP contribution in [0, 0.1) is 0 Å². The van der Waals surface area contributed by atoms with Crippen LogP contribution in [0.25, 0.3) is 0 Å². The number of nitrogens with one attached hydrogen (secondary N) is 1. The van der Waals surface area contributed by atoms with Gasteiger partial charge in [-0.2, -0.15) is 0 Å². The highest BCUT2D eigenvalue weighted by Gasteiger charge is 2.12. The summed E-state index contributed by atoms with van der Waals surface area (Å²) in [6, 6.07) is 9.25. The summed E-state index contributed by atoms with van der Waals surface area (Å²) in [7, 11) is 0. The first kappa shape index (κ1) is 18.2. The Hall–Kier alpha value is -1.88.